The van der Waals surface area contributed by atoms with Gasteiger partial charge in [0.2, 0.25) is 5.78 Å². The Bertz CT molecular complexity index is 669. The molecule has 0 unspecified atom stereocenters. The van der Waals surface area contributed by atoms with Gasteiger partial charge in [0.1, 0.15) is 5.82 Å². The Labute approximate surface area is 119 Å². The van der Waals surface area contributed by atoms with Gasteiger partial charge in [0.15, 0.2) is 5.82 Å². The average Bonchev–Trinajstić information content (AvgIpc) is 2.80. The average molecular weight is 296 g/mol. The Hall–Kier alpha value is -2.21. The fraction of sp³-hybridized carbons (Fsp3) is 0.154. The van der Waals surface area contributed by atoms with Crippen LogP contribution in [0.3, 0.4) is 0 Å². The summed E-state index contributed by atoms with van der Waals surface area (Å²) < 4.78 is 14.4. The molecule has 7 heteroatoms. The summed E-state index contributed by atoms with van der Waals surface area (Å²) in [7, 11) is 0. The molecule has 1 amide bonds. The van der Waals surface area contributed by atoms with Crippen LogP contribution in [0.15, 0.2) is 30.5 Å². The van der Waals surface area contributed by atoms with Crippen LogP contribution in [0.25, 0.3) is 0 Å². The van der Waals surface area contributed by atoms with Crippen LogP contribution in [-0.4, -0.2) is 21.5 Å². The number of Topliss-reactive ketones (excluding diaryl/α,β-unsaturated/α-hetero) is 1. The molecule has 1 heterocycles. The van der Waals surface area contributed by atoms with E-state index in [1.54, 1.807) is 18.3 Å². The third kappa shape index (κ3) is 3.42. The van der Waals surface area contributed by atoms with Gasteiger partial charge in [-0.3, -0.25) is 14.3 Å². The van der Waals surface area contributed by atoms with Crippen molar-refractivity contribution in [1.29, 1.82) is 0 Å². The van der Waals surface area contributed by atoms with Gasteiger partial charge in [0, 0.05) is 24.2 Å². The fourth-order valence-electron chi connectivity index (χ4n) is 1.55. The molecular weight excluding hydrogens is 285 g/mol. The molecule has 0 saturated carbocycles. The number of nitrogens with one attached hydrogen (secondary N) is 1. The maximum atomic E-state index is 12.9. The number of rotatable bonds is 4. The van der Waals surface area contributed by atoms with Gasteiger partial charge in [-0.2, -0.15) is 5.10 Å². The highest BCUT2D eigenvalue weighted by Crippen LogP contribution is 2.18. The maximum Gasteiger partial charge on any atom is 0.292 e. The lowest BCUT2D eigenvalue weighted by Gasteiger charge is -2.04. The van der Waals surface area contributed by atoms with Crippen molar-refractivity contribution in [2.75, 3.05) is 5.32 Å². The predicted octanol–water partition coefficient (Wildman–Crippen LogP) is 2.25. The number of carbonyl (C=O) groups is 2. The van der Waals surface area contributed by atoms with Crippen LogP contribution in [0.2, 0.25) is 5.02 Å². The molecular formula is C13H11ClFN3O2. The van der Waals surface area contributed by atoms with E-state index in [1.807, 2.05) is 0 Å². The van der Waals surface area contributed by atoms with E-state index in [2.05, 4.69) is 10.4 Å². The molecule has 0 aliphatic rings. The zero-order chi connectivity index (χ0) is 14.7. The lowest BCUT2D eigenvalue weighted by molar-refractivity contribution is -0.133. The standard InChI is InChI=1S/C13H11ClFN3O2/c1-8(19)13(20)16-12-4-5-18(17-12)7-9-2-3-10(15)6-11(9)14/h2-6H,7H2,1H3,(H,16,17,20). The van der Waals surface area contributed by atoms with E-state index < -0.39 is 17.5 Å². The third-order valence-electron chi connectivity index (χ3n) is 2.55. The first kappa shape index (κ1) is 14.2. The number of benzene rings is 1. The number of hydrogen-bond donors (Lipinski definition) is 1. The molecule has 0 radical (unpaired) electrons. The van der Waals surface area contributed by atoms with Gasteiger partial charge in [0.05, 0.1) is 6.54 Å². The zero-order valence-electron chi connectivity index (χ0n) is 10.6. The van der Waals surface area contributed by atoms with Gasteiger partial charge in [-0.1, -0.05) is 17.7 Å². The number of anilines is 1. The molecule has 1 aromatic heterocycles. The summed E-state index contributed by atoms with van der Waals surface area (Å²) in [6.07, 6.45) is 1.62. The number of halogens is 2. The molecule has 0 atom stereocenters. The Morgan fingerprint density at radius 2 is 2.15 bits per heavy atom. The SMILES string of the molecule is CC(=O)C(=O)Nc1ccn(Cc2ccc(F)cc2Cl)n1. The van der Waals surface area contributed by atoms with Crippen LogP contribution < -0.4 is 5.32 Å². The topological polar surface area (TPSA) is 64.0 Å². The van der Waals surface area contributed by atoms with Crippen molar-refractivity contribution in [3.63, 3.8) is 0 Å². The lowest BCUT2D eigenvalue weighted by atomic mass is 10.2. The zero-order valence-corrected chi connectivity index (χ0v) is 11.3. The van der Waals surface area contributed by atoms with Crippen molar-refractivity contribution < 1.29 is 14.0 Å². The van der Waals surface area contributed by atoms with Crippen molar-refractivity contribution in [3.05, 3.63) is 46.9 Å². The molecule has 104 valence electrons. The summed E-state index contributed by atoms with van der Waals surface area (Å²) in [5.41, 5.74) is 0.695. The molecule has 0 aliphatic carbocycles. The van der Waals surface area contributed by atoms with Crippen molar-refractivity contribution in [2.45, 2.75) is 13.5 Å². The second-order valence-electron chi connectivity index (χ2n) is 4.14. The highest BCUT2D eigenvalue weighted by atomic mass is 35.5. The van der Waals surface area contributed by atoms with Crippen LogP contribution in [0, 0.1) is 5.82 Å². The number of nitrogens with zero attached hydrogens (tertiary/aromatic N) is 2. The predicted molar refractivity (Wildman–Crippen MR) is 72.0 cm³/mol. The maximum absolute atomic E-state index is 12.9. The molecule has 0 saturated heterocycles. The van der Waals surface area contributed by atoms with Crippen LogP contribution in [0.4, 0.5) is 10.2 Å². The van der Waals surface area contributed by atoms with E-state index in [-0.39, 0.29) is 5.82 Å². The Morgan fingerprint density at radius 3 is 2.80 bits per heavy atom. The second kappa shape index (κ2) is 5.83. The van der Waals surface area contributed by atoms with Crippen LogP contribution in [0.1, 0.15) is 12.5 Å². The highest BCUT2D eigenvalue weighted by Gasteiger charge is 2.10. The van der Waals surface area contributed by atoms with Crippen LogP contribution in [-0.2, 0) is 16.1 Å². The first-order valence-electron chi connectivity index (χ1n) is 5.75. The van der Waals surface area contributed by atoms with Crippen LogP contribution in [0.5, 0.6) is 0 Å². The van der Waals surface area contributed by atoms with E-state index >= 15 is 0 Å². The summed E-state index contributed by atoms with van der Waals surface area (Å²) in [5, 5.41) is 6.73. The van der Waals surface area contributed by atoms with Gasteiger partial charge >= 0.3 is 0 Å². The van der Waals surface area contributed by atoms with E-state index in [0.29, 0.717) is 17.1 Å². The summed E-state index contributed by atoms with van der Waals surface area (Å²) >= 11 is 5.92. The Kier molecular flexibility index (Phi) is 4.14. The van der Waals surface area contributed by atoms with Crippen LogP contribution >= 0.6 is 11.6 Å². The Balaban J connectivity index is 2.09. The summed E-state index contributed by atoms with van der Waals surface area (Å²) in [4.78, 5) is 22.0. The van der Waals surface area contributed by atoms with E-state index in [1.165, 1.54) is 23.7 Å². The second-order valence-corrected chi connectivity index (χ2v) is 4.55. The number of amides is 1. The van der Waals surface area contributed by atoms with Gasteiger partial charge < -0.3 is 5.32 Å². The smallest absolute Gasteiger partial charge is 0.292 e. The van der Waals surface area contributed by atoms with Crippen molar-refractivity contribution in [1.82, 2.24) is 9.78 Å². The molecule has 1 aromatic carbocycles. The number of aromatic nitrogens is 2. The number of carbonyl (C=O) groups excluding carboxylic acids is 2. The first-order valence-corrected chi connectivity index (χ1v) is 6.13. The monoisotopic (exact) mass is 295 g/mol. The van der Waals surface area contributed by atoms with Gasteiger partial charge in [-0.05, 0) is 17.7 Å². The molecule has 2 rings (SSSR count). The van der Waals surface area contributed by atoms with Gasteiger partial charge in [0.25, 0.3) is 5.91 Å². The summed E-state index contributed by atoms with van der Waals surface area (Å²) in [6.45, 7) is 1.50. The molecule has 2 aromatic rings. The van der Waals surface area contributed by atoms with E-state index in [0.717, 1.165) is 0 Å². The van der Waals surface area contributed by atoms with E-state index in [4.69, 9.17) is 11.6 Å². The molecule has 20 heavy (non-hydrogen) atoms. The first-order chi connectivity index (χ1) is 9.45. The summed E-state index contributed by atoms with van der Waals surface area (Å²) in [5.74, 6) is -1.46. The molecule has 0 bridgehead atoms. The van der Waals surface area contributed by atoms with Crippen molar-refractivity contribution in [2.24, 2.45) is 0 Å². The normalized spacial score (nSPS) is 10.3. The fourth-order valence-corrected chi connectivity index (χ4v) is 1.77. The minimum Gasteiger partial charge on any atom is -0.303 e. The molecule has 5 nitrogen and oxygen atoms in total. The lowest BCUT2D eigenvalue weighted by Crippen LogP contribution is -2.20. The third-order valence-corrected chi connectivity index (χ3v) is 2.90. The largest absolute Gasteiger partial charge is 0.303 e. The van der Waals surface area contributed by atoms with Crippen molar-refractivity contribution in [3.8, 4) is 0 Å². The molecule has 0 spiro atoms. The highest BCUT2D eigenvalue weighted by molar-refractivity contribution is 6.39. The van der Waals surface area contributed by atoms with Gasteiger partial charge in [-0.15, -0.1) is 0 Å². The van der Waals surface area contributed by atoms with Gasteiger partial charge in [-0.25, -0.2) is 4.39 Å². The number of hydrogen-bond acceptors (Lipinski definition) is 3. The molecule has 0 aliphatic heterocycles. The minimum absolute atomic E-state index is 0.267. The quantitative estimate of drug-likeness (QED) is 0.880. The molecule has 1 N–H and O–H groups in total. The minimum atomic E-state index is -0.727. The van der Waals surface area contributed by atoms with Crippen molar-refractivity contribution >= 4 is 29.1 Å². The number of ketones is 1. The summed E-state index contributed by atoms with van der Waals surface area (Å²) in [6, 6.07) is 5.65. The van der Waals surface area contributed by atoms with E-state index in [9.17, 15) is 14.0 Å². The Morgan fingerprint density at radius 1 is 1.40 bits per heavy atom. The molecule has 0 fully saturated rings.